The number of H-pyrrole nitrogens is 1. The average molecular weight is 408 g/mol. The van der Waals surface area contributed by atoms with Crippen LogP contribution >= 0.6 is 12.4 Å². The van der Waals surface area contributed by atoms with Gasteiger partial charge in [0.25, 0.3) is 0 Å². The highest BCUT2D eigenvalue weighted by atomic mass is 35.5. The summed E-state index contributed by atoms with van der Waals surface area (Å²) in [7, 11) is 0. The first kappa shape index (κ1) is 19.4. The van der Waals surface area contributed by atoms with Crippen molar-refractivity contribution in [2.45, 2.75) is 12.8 Å². The fourth-order valence-electron chi connectivity index (χ4n) is 3.93. The van der Waals surface area contributed by atoms with Crippen molar-refractivity contribution < 1.29 is 0 Å². The van der Waals surface area contributed by atoms with Gasteiger partial charge in [-0.2, -0.15) is 5.10 Å². The predicted octanol–water partition coefficient (Wildman–Crippen LogP) is 3.35. The average Bonchev–Trinajstić information content (AvgIpc) is 3.38. The van der Waals surface area contributed by atoms with Crippen molar-refractivity contribution >= 4 is 23.3 Å². The zero-order valence-corrected chi connectivity index (χ0v) is 16.7. The van der Waals surface area contributed by atoms with Gasteiger partial charge < -0.3 is 5.32 Å². The van der Waals surface area contributed by atoms with E-state index in [2.05, 4.69) is 44.8 Å². The van der Waals surface area contributed by atoms with E-state index in [1.165, 1.54) is 0 Å². The lowest BCUT2D eigenvalue weighted by Crippen LogP contribution is -2.19. The molecule has 6 nitrogen and oxygen atoms in total. The molecular formula is C22H22ClN5O. The van der Waals surface area contributed by atoms with Crippen molar-refractivity contribution in [3.05, 3.63) is 77.1 Å². The van der Waals surface area contributed by atoms with E-state index in [-0.39, 0.29) is 18.1 Å². The van der Waals surface area contributed by atoms with Crippen LogP contribution in [-0.2, 0) is 6.42 Å². The first-order valence-electron chi connectivity index (χ1n) is 9.60. The molecule has 7 heteroatoms. The Morgan fingerprint density at radius 2 is 1.90 bits per heavy atom. The number of rotatable bonds is 4. The minimum absolute atomic E-state index is 0. The molecule has 1 saturated heterocycles. The molecule has 0 spiro atoms. The molecule has 1 fully saturated rings. The molecule has 1 aliphatic rings. The number of fused-ring (bicyclic) bond motifs is 1. The summed E-state index contributed by atoms with van der Waals surface area (Å²) in [6, 6.07) is 18.3. The van der Waals surface area contributed by atoms with Gasteiger partial charge in [-0.25, -0.2) is 14.5 Å². The Morgan fingerprint density at radius 3 is 2.69 bits per heavy atom. The number of aromatic nitrogens is 4. The van der Waals surface area contributed by atoms with E-state index in [0.717, 1.165) is 59.5 Å². The quantitative estimate of drug-likeness (QED) is 0.544. The summed E-state index contributed by atoms with van der Waals surface area (Å²) in [5.74, 6) is 1.32. The number of nitrogens with one attached hydrogen (secondary N) is 2. The first-order chi connectivity index (χ1) is 13.8. The number of halogens is 1. The Labute approximate surface area is 174 Å². The lowest BCUT2D eigenvalue weighted by molar-refractivity contribution is 0.555. The van der Waals surface area contributed by atoms with Gasteiger partial charge in [-0.05, 0) is 60.8 Å². The summed E-state index contributed by atoms with van der Waals surface area (Å²) in [6.45, 7) is 2.02. The van der Waals surface area contributed by atoms with Gasteiger partial charge in [0.15, 0.2) is 0 Å². The summed E-state index contributed by atoms with van der Waals surface area (Å²) in [6.07, 6.45) is 3.72. The molecule has 29 heavy (non-hydrogen) atoms. The minimum Gasteiger partial charge on any atom is -0.316 e. The van der Waals surface area contributed by atoms with Gasteiger partial charge in [0.2, 0.25) is 0 Å². The van der Waals surface area contributed by atoms with Crippen LogP contribution in [-0.4, -0.2) is 32.8 Å². The van der Waals surface area contributed by atoms with E-state index in [1.807, 2.05) is 36.5 Å². The van der Waals surface area contributed by atoms with Crippen LogP contribution in [0.2, 0.25) is 0 Å². The van der Waals surface area contributed by atoms with Crippen LogP contribution in [0.1, 0.15) is 12.2 Å². The number of hydrogen-bond acceptors (Lipinski definition) is 4. The van der Waals surface area contributed by atoms with Gasteiger partial charge >= 0.3 is 5.69 Å². The molecule has 1 atom stereocenters. The summed E-state index contributed by atoms with van der Waals surface area (Å²) < 4.78 is 1.68. The van der Waals surface area contributed by atoms with Crippen molar-refractivity contribution in [1.29, 1.82) is 0 Å². The normalized spacial score (nSPS) is 16.1. The SMILES string of the molecule is Cl.O=c1[nH]nc(C[C@@H]2CCNC2)n1-c1ccc(-c2ccc3cccnc3c2)cc1. The maximum absolute atomic E-state index is 12.3. The molecule has 0 aliphatic carbocycles. The standard InChI is InChI=1S/C22H21N5O.ClH/c28-22-26-25-21(12-15-9-11-23-14-15)27(22)19-7-5-16(6-8-19)18-4-3-17-2-1-10-24-20(17)13-18;/h1-8,10,13,15,23H,9,11-12,14H2,(H,26,28);1H/t15-;/m0./s1. The number of benzene rings is 2. The van der Waals surface area contributed by atoms with Gasteiger partial charge in [0, 0.05) is 18.0 Å². The predicted molar refractivity (Wildman–Crippen MR) is 117 cm³/mol. The highest BCUT2D eigenvalue weighted by molar-refractivity contribution is 5.85. The number of aromatic amines is 1. The largest absolute Gasteiger partial charge is 0.347 e. The van der Waals surface area contributed by atoms with Gasteiger partial charge in [0.05, 0.1) is 11.2 Å². The fraction of sp³-hybridized carbons (Fsp3) is 0.227. The monoisotopic (exact) mass is 407 g/mol. The van der Waals surface area contributed by atoms with E-state index in [9.17, 15) is 4.79 Å². The van der Waals surface area contributed by atoms with Gasteiger partial charge in [-0.1, -0.05) is 30.3 Å². The van der Waals surface area contributed by atoms with Crippen LogP contribution in [0.15, 0.2) is 65.6 Å². The van der Waals surface area contributed by atoms with Gasteiger partial charge in [-0.3, -0.25) is 4.98 Å². The third kappa shape index (κ3) is 3.81. The van der Waals surface area contributed by atoms with Gasteiger partial charge in [0.1, 0.15) is 5.82 Å². The van der Waals surface area contributed by atoms with Crippen molar-refractivity contribution in [3.8, 4) is 16.8 Å². The summed E-state index contributed by atoms with van der Waals surface area (Å²) in [4.78, 5) is 16.8. The number of nitrogens with zero attached hydrogens (tertiary/aromatic N) is 3. The lowest BCUT2D eigenvalue weighted by Gasteiger charge is -2.10. The van der Waals surface area contributed by atoms with Crippen LogP contribution in [0.5, 0.6) is 0 Å². The van der Waals surface area contributed by atoms with E-state index in [4.69, 9.17) is 0 Å². The van der Waals surface area contributed by atoms with E-state index >= 15 is 0 Å². The molecule has 2 aromatic heterocycles. The van der Waals surface area contributed by atoms with Gasteiger partial charge in [-0.15, -0.1) is 12.4 Å². The van der Waals surface area contributed by atoms with Crippen molar-refractivity contribution in [1.82, 2.24) is 25.1 Å². The fourth-order valence-corrected chi connectivity index (χ4v) is 3.93. The van der Waals surface area contributed by atoms with E-state index < -0.39 is 0 Å². The van der Waals surface area contributed by atoms with Crippen LogP contribution in [0.25, 0.3) is 27.7 Å². The van der Waals surface area contributed by atoms with Crippen LogP contribution in [0, 0.1) is 5.92 Å². The Hall–Kier alpha value is -2.96. The molecule has 0 bridgehead atoms. The number of pyridine rings is 1. The molecule has 0 unspecified atom stereocenters. The highest BCUT2D eigenvalue weighted by Crippen LogP contribution is 2.25. The van der Waals surface area contributed by atoms with Crippen molar-refractivity contribution in [2.75, 3.05) is 13.1 Å². The summed E-state index contributed by atoms with van der Waals surface area (Å²) in [5, 5.41) is 11.4. The molecule has 5 rings (SSSR count). The minimum atomic E-state index is -0.191. The Bertz CT molecular complexity index is 1180. The van der Waals surface area contributed by atoms with Crippen molar-refractivity contribution in [2.24, 2.45) is 5.92 Å². The van der Waals surface area contributed by atoms with E-state index in [0.29, 0.717) is 5.92 Å². The van der Waals surface area contributed by atoms with E-state index in [1.54, 1.807) is 4.57 Å². The van der Waals surface area contributed by atoms with Crippen molar-refractivity contribution in [3.63, 3.8) is 0 Å². The molecule has 0 amide bonds. The lowest BCUT2D eigenvalue weighted by atomic mass is 10.0. The number of hydrogen-bond donors (Lipinski definition) is 2. The van der Waals surface area contributed by atoms with Crippen LogP contribution in [0.4, 0.5) is 0 Å². The summed E-state index contributed by atoms with van der Waals surface area (Å²) in [5.41, 5.74) is 3.82. The van der Waals surface area contributed by atoms with Crippen LogP contribution in [0.3, 0.4) is 0 Å². The first-order valence-corrected chi connectivity index (χ1v) is 9.60. The molecule has 1 aliphatic heterocycles. The molecule has 2 N–H and O–H groups in total. The molecule has 3 heterocycles. The Morgan fingerprint density at radius 1 is 1.07 bits per heavy atom. The molecule has 0 saturated carbocycles. The second-order valence-corrected chi connectivity index (χ2v) is 7.30. The Kier molecular flexibility index (Phi) is 5.47. The zero-order chi connectivity index (χ0) is 18.9. The second kappa shape index (κ2) is 8.19. The molecule has 4 aromatic rings. The smallest absolute Gasteiger partial charge is 0.316 e. The maximum Gasteiger partial charge on any atom is 0.347 e. The third-order valence-corrected chi connectivity index (χ3v) is 5.44. The molecule has 148 valence electrons. The topological polar surface area (TPSA) is 75.6 Å². The third-order valence-electron chi connectivity index (χ3n) is 5.44. The van der Waals surface area contributed by atoms with Crippen LogP contribution < -0.4 is 11.0 Å². The highest BCUT2D eigenvalue weighted by Gasteiger charge is 2.19. The molecular weight excluding hydrogens is 386 g/mol. The summed E-state index contributed by atoms with van der Waals surface area (Å²) >= 11 is 0. The Balaban J connectivity index is 0.00000205. The maximum atomic E-state index is 12.3. The molecule has 0 radical (unpaired) electrons. The molecule has 2 aromatic carbocycles. The zero-order valence-electron chi connectivity index (χ0n) is 15.8. The second-order valence-electron chi connectivity index (χ2n) is 7.30.